The normalized spacial score (nSPS) is 18.1. The van der Waals surface area contributed by atoms with Crippen molar-refractivity contribution in [2.24, 2.45) is 11.7 Å². The average Bonchev–Trinajstić information content (AvgIpc) is 2.24. The van der Waals surface area contributed by atoms with Crippen molar-refractivity contribution in [3.63, 3.8) is 0 Å². The fourth-order valence-corrected chi connectivity index (χ4v) is 3.99. The molecule has 0 saturated heterocycles. The number of hydrogen-bond acceptors (Lipinski definition) is 3. The van der Waals surface area contributed by atoms with Gasteiger partial charge in [0.1, 0.15) is 0 Å². The first-order valence-corrected chi connectivity index (χ1v) is 8.34. The predicted molar refractivity (Wildman–Crippen MR) is 71.2 cm³/mol. The van der Waals surface area contributed by atoms with E-state index in [1.165, 1.54) is 19.3 Å². The molecular weight excluding hydrogens is 236 g/mol. The summed E-state index contributed by atoms with van der Waals surface area (Å²) in [6.07, 6.45) is 5.92. The second-order valence-corrected chi connectivity index (χ2v) is 7.04. The molecule has 0 bridgehead atoms. The average molecular weight is 262 g/mol. The van der Waals surface area contributed by atoms with Crippen LogP contribution in [0.15, 0.2) is 0 Å². The summed E-state index contributed by atoms with van der Waals surface area (Å²) in [5.74, 6) is 0.876. The fourth-order valence-electron chi connectivity index (χ4n) is 2.21. The minimum atomic E-state index is -3.18. The smallest absolute Gasteiger partial charge is 0.212 e. The van der Waals surface area contributed by atoms with E-state index in [0.717, 1.165) is 19.3 Å². The molecule has 0 unspecified atom stereocenters. The number of sulfonamides is 1. The maximum absolute atomic E-state index is 12.0. The summed E-state index contributed by atoms with van der Waals surface area (Å²) >= 11 is 0. The molecule has 0 amide bonds. The third kappa shape index (κ3) is 4.23. The lowest BCUT2D eigenvalue weighted by Crippen LogP contribution is -2.53. The van der Waals surface area contributed by atoms with Crippen molar-refractivity contribution >= 4 is 10.0 Å². The number of rotatable bonds is 8. The Balaban J connectivity index is 2.50. The number of nitrogens with two attached hydrogens (primary N) is 1. The van der Waals surface area contributed by atoms with Gasteiger partial charge in [0.15, 0.2) is 0 Å². The number of hydrogen-bond donors (Lipinski definition) is 2. The van der Waals surface area contributed by atoms with Gasteiger partial charge in [0.25, 0.3) is 0 Å². The first-order valence-electron chi connectivity index (χ1n) is 6.68. The van der Waals surface area contributed by atoms with Crippen LogP contribution in [0.5, 0.6) is 0 Å². The molecule has 1 rings (SSSR count). The summed E-state index contributed by atoms with van der Waals surface area (Å²) in [7, 11) is -3.18. The third-order valence-electron chi connectivity index (χ3n) is 4.14. The molecule has 0 aliphatic heterocycles. The Kier molecular flexibility index (Phi) is 5.41. The standard InChI is InChI=1S/C12H26N2O2S/c1-3-12(4-2,10-13)14-17(15,16)9-8-11-6-5-7-11/h11,14H,3-10,13H2,1-2H3. The Bertz CT molecular complexity index is 311. The molecule has 0 atom stereocenters. The van der Waals surface area contributed by atoms with E-state index in [2.05, 4.69) is 4.72 Å². The molecule has 5 heteroatoms. The molecule has 0 radical (unpaired) electrons. The zero-order chi connectivity index (χ0) is 12.9. The molecule has 1 fully saturated rings. The minimum Gasteiger partial charge on any atom is -0.329 e. The zero-order valence-corrected chi connectivity index (χ0v) is 11.9. The Hall–Kier alpha value is -0.130. The topological polar surface area (TPSA) is 72.2 Å². The molecule has 102 valence electrons. The van der Waals surface area contributed by atoms with E-state index in [4.69, 9.17) is 5.73 Å². The summed E-state index contributed by atoms with van der Waals surface area (Å²) in [6, 6.07) is 0. The predicted octanol–water partition coefficient (Wildman–Crippen LogP) is 1.61. The van der Waals surface area contributed by atoms with Crippen LogP contribution in [0.1, 0.15) is 52.4 Å². The van der Waals surface area contributed by atoms with Crippen LogP contribution in [-0.4, -0.2) is 26.3 Å². The molecule has 0 heterocycles. The van der Waals surface area contributed by atoms with Crippen molar-refractivity contribution in [2.75, 3.05) is 12.3 Å². The molecule has 0 aromatic carbocycles. The van der Waals surface area contributed by atoms with Gasteiger partial charge in [-0.3, -0.25) is 0 Å². The zero-order valence-electron chi connectivity index (χ0n) is 11.0. The highest BCUT2D eigenvalue weighted by Gasteiger charge is 2.30. The Morgan fingerprint density at radius 1 is 1.29 bits per heavy atom. The Labute approximate surface area is 105 Å². The summed E-state index contributed by atoms with van der Waals surface area (Å²) in [6.45, 7) is 4.32. The molecule has 1 saturated carbocycles. The van der Waals surface area contributed by atoms with E-state index in [9.17, 15) is 8.42 Å². The van der Waals surface area contributed by atoms with Crippen LogP contribution in [0.4, 0.5) is 0 Å². The van der Waals surface area contributed by atoms with Gasteiger partial charge in [-0.1, -0.05) is 33.1 Å². The van der Waals surface area contributed by atoms with Crippen molar-refractivity contribution in [1.82, 2.24) is 4.72 Å². The van der Waals surface area contributed by atoms with Gasteiger partial charge in [-0.25, -0.2) is 13.1 Å². The van der Waals surface area contributed by atoms with Crippen molar-refractivity contribution in [1.29, 1.82) is 0 Å². The van der Waals surface area contributed by atoms with Crippen LogP contribution < -0.4 is 10.5 Å². The van der Waals surface area contributed by atoms with Crippen molar-refractivity contribution in [3.8, 4) is 0 Å². The largest absolute Gasteiger partial charge is 0.329 e. The first-order chi connectivity index (χ1) is 7.97. The van der Waals surface area contributed by atoms with E-state index in [1.54, 1.807) is 0 Å². The first kappa shape index (κ1) is 14.9. The van der Waals surface area contributed by atoms with E-state index in [-0.39, 0.29) is 5.75 Å². The fraction of sp³-hybridized carbons (Fsp3) is 1.00. The monoisotopic (exact) mass is 262 g/mol. The summed E-state index contributed by atoms with van der Waals surface area (Å²) < 4.78 is 26.8. The second-order valence-electron chi connectivity index (χ2n) is 5.20. The SMILES string of the molecule is CCC(CC)(CN)NS(=O)(=O)CCC1CCC1. The van der Waals surface area contributed by atoms with Gasteiger partial charge in [-0.2, -0.15) is 0 Å². The highest BCUT2D eigenvalue weighted by atomic mass is 32.2. The molecule has 0 spiro atoms. The van der Waals surface area contributed by atoms with E-state index in [1.807, 2.05) is 13.8 Å². The maximum Gasteiger partial charge on any atom is 0.212 e. The van der Waals surface area contributed by atoms with Crippen LogP contribution in [-0.2, 0) is 10.0 Å². The molecule has 1 aliphatic rings. The van der Waals surface area contributed by atoms with Crippen molar-refractivity contribution in [3.05, 3.63) is 0 Å². The summed E-state index contributed by atoms with van der Waals surface area (Å²) in [5, 5.41) is 0. The van der Waals surface area contributed by atoms with E-state index in [0.29, 0.717) is 12.5 Å². The van der Waals surface area contributed by atoms with E-state index < -0.39 is 15.6 Å². The van der Waals surface area contributed by atoms with Gasteiger partial charge in [-0.15, -0.1) is 0 Å². The Morgan fingerprint density at radius 2 is 1.88 bits per heavy atom. The highest BCUT2D eigenvalue weighted by Crippen LogP contribution is 2.29. The van der Waals surface area contributed by atoms with Gasteiger partial charge in [0, 0.05) is 12.1 Å². The van der Waals surface area contributed by atoms with Gasteiger partial charge in [0.2, 0.25) is 10.0 Å². The van der Waals surface area contributed by atoms with Crippen LogP contribution in [0.3, 0.4) is 0 Å². The molecule has 4 nitrogen and oxygen atoms in total. The second kappa shape index (κ2) is 6.16. The molecule has 1 aliphatic carbocycles. The number of nitrogens with one attached hydrogen (secondary N) is 1. The van der Waals surface area contributed by atoms with Crippen LogP contribution in [0.2, 0.25) is 0 Å². The van der Waals surface area contributed by atoms with E-state index >= 15 is 0 Å². The summed E-state index contributed by atoms with van der Waals surface area (Å²) in [4.78, 5) is 0. The van der Waals surface area contributed by atoms with Gasteiger partial charge < -0.3 is 5.73 Å². The van der Waals surface area contributed by atoms with Gasteiger partial charge in [0.05, 0.1) is 5.75 Å². The van der Waals surface area contributed by atoms with Crippen LogP contribution >= 0.6 is 0 Å². The molecule has 17 heavy (non-hydrogen) atoms. The minimum absolute atomic E-state index is 0.249. The van der Waals surface area contributed by atoms with Crippen molar-refractivity contribution in [2.45, 2.75) is 57.9 Å². The quantitative estimate of drug-likeness (QED) is 0.698. The Morgan fingerprint density at radius 3 is 2.24 bits per heavy atom. The lowest BCUT2D eigenvalue weighted by molar-refractivity contribution is 0.305. The van der Waals surface area contributed by atoms with Crippen LogP contribution in [0, 0.1) is 5.92 Å². The molecule has 3 N–H and O–H groups in total. The van der Waals surface area contributed by atoms with Crippen molar-refractivity contribution < 1.29 is 8.42 Å². The van der Waals surface area contributed by atoms with Crippen LogP contribution in [0.25, 0.3) is 0 Å². The molecule has 0 aromatic rings. The third-order valence-corrected chi connectivity index (χ3v) is 5.65. The van der Waals surface area contributed by atoms with Gasteiger partial charge >= 0.3 is 0 Å². The summed E-state index contributed by atoms with van der Waals surface area (Å²) in [5.41, 5.74) is 5.26. The molecular formula is C12H26N2O2S. The molecule has 0 aromatic heterocycles. The van der Waals surface area contributed by atoms with Gasteiger partial charge in [-0.05, 0) is 25.2 Å². The highest BCUT2D eigenvalue weighted by molar-refractivity contribution is 7.89. The maximum atomic E-state index is 12.0. The lowest BCUT2D eigenvalue weighted by atomic mass is 9.84. The lowest BCUT2D eigenvalue weighted by Gasteiger charge is -2.32.